The second-order valence-corrected chi connectivity index (χ2v) is 7.06. The summed E-state index contributed by atoms with van der Waals surface area (Å²) in [7, 11) is 6.77. The summed E-state index contributed by atoms with van der Waals surface area (Å²) >= 11 is 0. The van der Waals surface area contributed by atoms with E-state index in [1.54, 1.807) is 57.4 Å². The van der Waals surface area contributed by atoms with Crippen molar-refractivity contribution >= 4 is 41.8 Å². The number of nitrogens with zero attached hydrogens (tertiary/aromatic N) is 2. The number of nitrogens with one attached hydrogen (secondary N) is 3. The van der Waals surface area contributed by atoms with Gasteiger partial charge in [-0.15, -0.1) is 24.0 Å². The third-order valence-corrected chi connectivity index (χ3v) is 4.57. The quantitative estimate of drug-likeness (QED) is 0.192. The summed E-state index contributed by atoms with van der Waals surface area (Å²) < 4.78 is 5.09. The molecule has 0 radical (unpaired) electrons. The van der Waals surface area contributed by atoms with E-state index in [9.17, 15) is 9.59 Å². The smallest absolute Gasteiger partial charge is 0.253 e. The lowest BCUT2D eigenvalue weighted by atomic mass is 10.1. The van der Waals surface area contributed by atoms with Gasteiger partial charge in [0.15, 0.2) is 5.96 Å². The molecular weight excluding hydrogens is 521 g/mol. The van der Waals surface area contributed by atoms with Gasteiger partial charge >= 0.3 is 0 Å². The van der Waals surface area contributed by atoms with Crippen molar-refractivity contribution < 1.29 is 14.3 Å². The number of carbonyl (C=O) groups excluding carboxylic acids is 2. The fourth-order valence-electron chi connectivity index (χ4n) is 2.87. The van der Waals surface area contributed by atoms with Crippen LogP contribution in [0.25, 0.3) is 0 Å². The molecule has 2 rings (SSSR count). The Bertz CT molecular complexity index is 901. The van der Waals surface area contributed by atoms with Crippen molar-refractivity contribution in [2.45, 2.75) is 6.42 Å². The number of rotatable bonds is 9. The number of ether oxygens (including phenoxy) is 1. The SMILES string of the molecule is CN=C(NCCNC(=O)c1ccc(OC)cc1)NCCc1cccc(C(=O)N(C)C)c1.I. The van der Waals surface area contributed by atoms with Gasteiger partial charge in [-0.3, -0.25) is 14.6 Å². The van der Waals surface area contributed by atoms with E-state index in [2.05, 4.69) is 20.9 Å². The molecule has 0 bridgehead atoms. The molecule has 174 valence electrons. The molecule has 0 aliphatic heterocycles. The number of aliphatic imine (C=N–C) groups is 1. The first-order valence-electron chi connectivity index (χ1n) is 10.1. The fraction of sp³-hybridized carbons (Fsp3) is 0.348. The van der Waals surface area contributed by atoms with Gasteiger partial charge in [0, 0.05) is 51.9 Å². The summed E-state index contributed by atoms with van der Waals surface area (Å²) in [5, 5.41) is 9.27. The van der Waals surface area contributed by atoms with Crippen LogP contribution < -0.4 is 20.7 Å². The Morgan fingerprint density at radius 2 is 1.59 bits per heavy atom. The van der Waals surface area contributed by atoms with Gasteiger partial charge in [-0.2, -0.15) is 0 Å². The molecule has 9 heteroatoms. The molecule has 32 heavy (non-hydrogen) atoms. The van der Waals surface area contributed by atoms with Gasteiger partial charge in [-0.1, -0.05) is 12.1 Å². The van der Waals surface area contributed by atoms with Gasteiger partial charge in [-0.25, -0.2) is 0 Å². The monoisotopic (exact) mass is 553 g/mol. The summed E-state index contributed by atoms with van der Waals surface area (Å²) in [5.74, 6) is 1.21. The molecule has 0 spiro atoms. The summed E-state index contributed by atoms with van der Waals surface area (Å²) in [6.07, 6.45) is 0.753. The maximum absolute atomic E-state index is 12.2. The van der Waals surface area contributed by atoms with Crippen LogP contribution in [0, 0.1) is 0 Å². The zero-order valence-electron chi connectivity index (χ0n) is 19.0. The first kappa shape index (κ1) is 27.2. The van der Waals surface area contributed by atoms with Crippen molar-refractivity contribution in [1.29, 1.82) is 0 Å². The highest BCUT2D eigenvalue weighted by Crippen LogP contribution is 2.11. The summed E-state index contributed by atoms with van der Waals surface area (Å²) in [5.41, 5.74) is 2.33. The number of hydrogen-bond acceptors (Lipinski definition) is 4. The van der Waals surface area contributed by atoms with Crippen molar-refractivity contribution in [1.82, 2.24) is 20.9 Å². The molecule has 0 aliphatic carbocycles. The third-order valence-electron chi connectivity index (χ3n) is 4.57. The van der Waals surface area contributed by atoms with Gasteiger partial charge in [0.2, 0.25) is 0 Å². The van der Waals surface area contributed by atoms with Crippen molar-refractivity contribution in [2.75, 3.05) is 47.9 Å². The molecule has 0 saturated carbocycles. The number of hydrogen-bond donors (Lipinski definition) is 3. The minimum atomic E-state index is -0.139. The van der Waals surface area contributed by atoms with Crippen LogP contribution in [0.1, 0.15) is 26.3 Å². The van der Waals surface area contributed by atoms with Gasteiger partial charge in [0.25, 0.3) is 11.8 Å². The van der Waals surface area contributed by atoms with Gasteiger partial charge in [0.1, 0.15) is 5.75 Å². The molecule has 2 aromatic rings. The molecule has 0 fully saturated rings. The van der Waals surface area contributed by atoms with Crippen LogP contribution in [-0.4, -0.2) is 70.6 Å². The van der Waals surface area contributed by atoms with Crippen molar-refractivity contribution in [2.24, 2.45) is 4.99 Å². The van der Waals surface area contributed by atoms with Crippen LogP contribution in [-0.2, 0) is 6.42 Å². The van der Waals surface area contributed by atoms with Crippen molar-refractivity contribution in [3.05, 3.63) is 65.2 Å². The number of benzene rings is 2. The number of carbonyl (C=O) groups is 2. The molecule has 8 nitrogen and oxygen atoms in total. The lowest BCUT2D eigenvalue weighted by molar-refractivity contribution is 0.0827. The van der Waals surface area contributed by atoms with E-state index in [0.29, 0.717) is 42.5 Å². The Labute approximate surface area is 206 Å². The molecule has 2 aromatic carbocycles. The molecule has 0 heterocycles. The Kier molecular flexibility index (Phi) is 12.1. The Morgan fingerprint density at radius 1 is 0.938 bits per heavy atom. The predicted molar refractivity (Wildman–Crippen MR) is 138 cm³/mol. The van der Waals surface area contributed by atoms with Gasteiger partial charge < -0.3 is 25.6 Å². The first-order chi connectivity index (χ1) is 14.9. The van der Waals surface area contributed by atoms with E-state index in [1.807, 2.05) is 24.3 Å². The number of guanidine groups is 1. The van der Waals surface area contributed by atoms with Crippen LogP contribution in [0.3, 0.4) is 0 Å². The number of methoxy groups -OCH3 is 1. The first-order valence-corrected chi connectivity index (χ1v) is 10.1. The Balaban J connectivity index is 0.00000512. The lowest BCUT2D eigenvalue weighted by Gasteiger charge is -2.13. The average molecular weight is 553 g/mol. The highest BCUT2D eigenvalue weighted by molar-refractivity contribution is 14.0. The fourth-order valence-corrected chi connectivity index (χ4v) is 2.87. The highest BCUT2D eigenvalue weighted by Gasteiger charge is 2.08. The molecule has 0 aliphatic rings. The maximum Gasteiger partial charge on any atom is 0.253 e. The van der Waals surface area contributed by atoms with Crippen LogP contribution in [0.15, 0.2) is 53.5 Å². The molecule has 3 N–H and O–H groups in total. The van der Waals surface area contributed by atoms with E-state index in [1.165, 1.54) is 0 Å². The molecule has 0 unspecified atom stereocenters. The van der Waals surface area contributed by atoms with Crippen LogP contribution >= 0.6 is 24.0 Å². The second-order valence-electron chi connectivity index (χ2n) is 7.06. The normalized spacial score (nSPS) is 10.6. The van der Waals surface area contributed by atoms with E-state index in [0.717, 1.165) is 12.0 Å². The molecule has 0 aromatic heterocycles. The second kappa shape index (κ2) is 14.3. The van der Waals surface area contributed by atoms with E-state index < -0.39 is 0 Å². The standard InChI is InChI=1S/C23H31N5O3.HI/c1-24-23(26-13-12-17-6-5-7-19(16-17)22(30)28(2)3)27-15-14-25-21(29)18-8-10-20(31-4)11-9-18;/h5-11,16H,12-15H2,1-4H3,(H,25,29)(H2,24,26,27);1H. The zero-order valence-corrected chi connectivity index (χ0v) is 21.3. The molecule has 0 atom stereocenters. The minimum absolute atomic E-state index is 0. The summed E-state index contributed by atoms with van der Waals surface area (Å²) in [6.45, 7) is 1.66. The minimum Gasteiger partial charge on any atom is -0.497 e. The molecule has 2 amide bonds. The molecular formula is C23H32IN5O3. The summed E-state index contributed by atoms with van der Waals surface area (Å²) in [6, 6.07) is 14.6. The largest absolute Gasteiger partial charge is 0.497 e. The van der Waals surface area contributed by atoms with Crippen molar-refractivity contribution in [3.8, 4) is 5.75 Å². The van der Waals surface area contributed by atoms with Crippen LogP contribution in [0.5, 0.6) is 5.75 Å². The highest BCUT2D eigenvalue weighted by atomic mass is 127. The van der Waals surface area contributed by atoms with Gasteiger partial charge in [-0.05, 0) is 48.4 Å². The van der Waals surface area contributed by atoms with E-state index in [4.69, 9.17) is 4.74 Å². The predicted octanol–water partition coefficient (Wildman–Crippen LogP) is 2.15. The summed E-state index contributed by atoms with van der Waals surface area (Å²) in [4.78, 5) is 30.0. The van der Waals surface area contributed by atoms with E-state index >= 15 is 0 Å². The third kappa shape index (κ3) is 8.74. The Morgan fingerprint density at radius 3 is 2.22 bits per heavy atom. The molecule has 0 saturated heterocycles. The lowest BCUT2D eigenvalue weighted by Crippen LogP contribution is -2.42. The number of halogens is 1. The Hall–Kier alpha value is -2.82. The van der Waals surface area contributed by atoms with Gasteiger partial charge in [0.05, 0.1) is 7.11 Å². The van der Waals surface area contributed by atoms with Crippen LogP contribution in [0.2, 0.25) is 0 Å². The van der Waals surface area contributed by atoms with Crippen LogP contribution in [0.4, 0.5) is 0 Å². The zero-order chi connectivity index (χ0) is 22.6. The average Bonchev–Trinajstić information content (AvgIpc) is 2.80. The van der Waals surface area contributed by atoms with Crippen molar-refractivity contribution in [3.63, 3.8) is 0 Å². The van der Waals surface area contributed by atoms with E-state index in [-0.39, 0.29) is 35.8 Å². The number of amides is 2. The topological polar surface area (TPSA) is 95.1 Å². The maximum atomic E-state index is 12.2.